The zero-order valence-corrected chi connectivity index (χ0v) is 13.7. The standard InChI is InChI=1S/C7H6O4S.C6H8N2O3S/c8-5-6-3-1-2-4-7(6)12(9,10)11;9-12(10,11)8-7-6-4-2-1-3-5-6/h1-5H,(H,9,10,11);1-5,7-8H,(H,9,10,11). The molecule has 9 nitrogen and oxygen atoms in total. The minimum absolute atomic E-state index is 0.0417. The molecule has 0 fully saturated rings. The molecule has 0 bridgehead atoms. The lowest BCUT2D eigenvalue weighted by molar-refractivity contribution is 0.112. The van der Waals surface area contributed by atoms with Gasteiger partial charge in [-0.3, -0.25) is 13.9 Å². The Bertz CT molecular complexity index is 882. The molecule has 0 saturated carbocycles. The Hall–Kier alpha value is -2.31. The normalized spacial score (nSPS) is 11.1. The van der Waals surface area contributed by atoms with E-state index in [9.17, 15) is 21.6 Å². The molecule has 0 radical (unpaired) electrons. The molecule has 0 aliphatic carbocycles. The van der Waals surface area contributed by atoms with Gasteiger partial charge in [-0.2, -0.15) is 16.8 Å². The molecule has 0 heterocycles. The van der Waals surface area contributed by atoms with Crippen LogP contribution in [0, 0.1) is 0 Å². The van der Waals surface area contributed by atoms with E-state index in [0.29, 0.717) is 12.0 Å². The van der Waals surface area contributed by atoms with Gasteiger partial charge in [0, 0.05) is 11.3 Å². The summed E-state index contributed by atoms with van der Waals surface area (Å²) in [6.45, 7) is 0. The van der Waals surface area contributed by atoms with Gasteiger partial charge in [-0.1, -0.05) is 36.4 Å². The molecule has 0 aliphatic heterocycles. The van der Waals surface area contributed by atoms with Crippen LogP contribution in [0.15, 0.2) is 59.5 Å². The lowest BCUT2D eigenvalue weighted by Crippen LogP contribution is -2.28. The molecule has 0 unspecified atom stereocenters. The van der Waals surface area contributed by atoms with Crippen molar-refractivity contribution in [3.8, 4) is 0 Å². The van der Waals surface area contributed by atoms with Crippen molar-refractivity contribution >= 4 is 32.4 Å². The first-order chi connectivity index (χ1) is 11.1. The summed E-state index contributed by atoms with van der Waals surface area (Å²) in [4.78, 5) is 11.7. The van der Waals surface area contributed by atoms with Crippen LogP contribution in [-0.2, 0) is 20.4 Å². The van der Waals surface area contributed by atoms with Crippen LogP contribution in [-0.4, -0.2) is 32.2 Å². The lowest BCUT2D eigenvalue weighted by atomic mass is 10.2. The molecule has 2 aromatic carbocycles. The van der Waals surface area contributed by atoms with Crippen molar-refractivity contribution in [2.45, 2.75) is 4.90 Å². The lowest BCUT2D eigenvalue weighted by Gasteiger charge is -2.03. The largest absolute Gasteiger partial charge is 0.350 e. The first kappa shape index (κ1) is 19.7. The molecule has 2 aromatic rings. The van der Waals surface area contributed by atoms with Gasteiger partial charge in [0.05, 0.1) is 0 Å². The molecular weight excluding hydrogens is 360 g/mol. The predicted octanol–water partition coefficient (Wildman–Crippen LogP) is 1.15. The van der Waals surface area contributed by atoms with Crippen LogP contribution in [0.2, 0.25) is 0 Å². The molecular formula is C13H14N2O7S2. The SMILES string of the molecule is O=Cc1ccccc1S(=O)(=O)O.O=S(=O)(O)NNc1ccccc1. The van der Waals surface area contributed by atoms with Crippen LogP contribution >= 0.6 is 0 Å². The number of nitrogens with one attached hydrogen (secondary N) is 2. The highest BCUT2D eigenvalue weighted by molar-refractivity contribution is 7.86. The van der Waals surface area contributed by atoms with Gasteiger partial charge in [0.15, 0.2) is 6.29 Å². The second-order valence-electron chi connectivity index (χ2n) is 4.20. The summed E-state index contributed by atoms with van der Waals surface area (Å²) < 4.78 is 58.5. The molecule has 2 rings (SSSR count). The molecule has 0 aromatic heterocycles. The molecule has 11 heteroatoms. The molecule has 0 atom stereocenters. The van der Waals surface area contributed by atoms with Gasteiger partial charge in [0.25, 0.3) is 10.1 Å². The first-order valence-corrected chi connectivity index (χ1v) is 9.08. The maximum atomic E-state index is 10.6. The summed E-state index contributed by atoms with van der Waals surface area (Å²) in [6, 6.07) is 14.0. The van der Waals surface area contributed by atoms with E-state index in [1.807, 2.05) is 0 Å². The van der Waals surface area contributed by atoms with E-state index in [0.717, 1.165) is 0 Å². The van der Waals surface area contributed by atoms with Crippen LogP contribution in [0.25, 0.3) is 0 Å². The highest BCUT2D eigenvalue weighted by Crippen LogP contribution is 2.12. The maximum absolute atomic E-state index is 10.6. The van der Waals surface area contributed by atoms with Gasteiger partial charge in [-0.05, 0) is 18.2 Å². The van der Waals surface area contributed by atoms with Crippen molar-refractivity contribution in [1.82, 2.24) is 4.83 Å². The fourth-order valence-corrected chi connectivity index (χ4v) is 2.37. The van der Waals surface area contributed by atoms with Gasteiger partial charge in [0.2, 0.25) is 0 Å². The number of carbonyl (C=O) groups excluding carboxylic acids is 1. The van der Waals surface area contributed by atoms with Gasteiger partial charge < -0.3 is 5.43 Å². The Morgan fingerprint density at radius 2 is 1.38 bits per heavy atom. The third kappa shape index (κ3) is 7.30. The number of benzene rings is 2. The summed E-state index contributed by atoms with van der Waals surface area (Å²) in [5.41, 5.74) is 2.81. The quantitative estimate of drug-likeness (QED) is 0.346. The van der Waals surface area contributed by atoms with Gasteiger partial charge >= 0.3 is 10.3 Å². The topological polar surface area (TPSA) is 150 Å². The van der Waals surface area contributed by atoms with Gasteiger partial charge in [0.1, 0.15) is 4.90 Å². The average Bonchev–Trinajstić information content (AvgIpc) is 2.53. The van der Waals surface area contributed by atoms with Crippen molar-refractivity contribution in [2.75, 3.05) is 5.43 Å². The zero-order valence-electron chi connectivity index (χ0n) is 12.0. The van der Waals surface area contributed by atoms with Crippen molar-refractivity contribution in [3.63, 3.8) is 0 Å². The van der Waals surface area contributed by atoms with Gasteiger partial charge in [-0.15, -0.1) is 4.83 Å². The van der Waals surface area contributed by atoms with Crippen molar-refractivity contribution < 1.29 is 30.7 Å². The Morgan fingerprint density at radius 3 is 1.83 bits per heavy atom. The summed E-state index contributed by atoms with van der Waals surface area (Å²) in [6.07, 6.45) is 0.378. The molecule has 0 amide bonds. The summed E-state index contributed by atoms with van der Waals surface area (Å²) in [7, 11) is -8.46. The Balaban J connectivity index is 0.000000240. The Morgan fingerprint density at radius 1 is 0.833 bits per heavy atom. The third-order valence-electron chi connectivity index (χ3n) is 2.42. The van der Waals surface area contributed by atoms with E-state index >= 15 is 0 Å². The second-order valence-corrected chi connectivity index (χ2v) is 6.74. The molecule has 0 spiro atoms. The number of aldehydes is 1. The van der Waals surface area contributed by atoms with Crippen LogP contribution < -0.4 is 10.3 Å². The first-order valence-electron chi connectivity index (χ1n) is 6.20. The predicted molar refractivity (Wildman–Crippen MR) is 86.4 cm³/mol. The van der Waals surface area contributed by atoms with Crippen LogP contribution in [0.4, 0.5) is 5.69 Å². The molecule has 130 valence electrons. The fraction of sp³-hybridized carbons (Fsp3) is 0. The van der Waals surface area contributed by atoms with Crippen molar-refractivity contribution in [2.24, 2.45) is 0 Å². The number of anilines is 1. The van der Waals surface area contributed by atoms with E-state index in [1.165, 1.54) is 24.3 Å². The van der Waals surface area contributed by atoms with E-state index < -0.39 is 20.4 Å². The number of carbonyl (C=O) groups is 1. The highest BCUT2D eigenvalue weighted by atomic mass is 32.2. The maximum Gasteiger partial charge on any atom is 0.350 e. The number of hydrogen-bond donors (Lipinski definition) is 4. The fourth-order valence-electron chi connectivity index (χ4n) is 1.46. The molecule has 0 saturated heterocycles. The van der Waals surface area contributed by atoms with Crippen LogP contribution in [0.1, 0.15) is 10.4 Å². The van der Waals surface area contributed by atoms with E-state index in [1.54, 1.807) is 35.2 Å². The third-order valence-corrected chi connectivity index (χ3v) is 3.71. The minimum Gasteiger partial charge on any atom is -0.306 e. The highest BCUT2D eigenvalue weighted by Gasteiger charge is 2.13. The molecule has 4 N–H and O–H groups in total. The van der Waals surface area contributed by atoms with E-state index in [2.05, 4.69) is 5.43 Å². The smallest absolute Gasteiger partial charge is 0.306 e. The number of para-hydroxylation sites is 1. The number of hydrazine groups is 1. The van der Waals surface area contributed by atoms with Crippen molar-refractivity contribution in [3.05, 3.63) is 60.2 Å². The summed E-state index contributed by atoms with van der Waals surface area (Å²) >= 11 is 0. The van der Waals surface area contributed by atoms with E-state index in [4.69, 9.17) is 9.11 Å². The summed E-state index contributed by atoms with van der Waals surface area (Å²) in [5.74, 6) is 0. The van der Waals surface area contributed by atoms with E-state index in [-0.39, 0.29) is 10.5 Å². The second kappa shape index (κ2) is 8.52. The number of hydrogen-bond acceptors (Lipinski definition) is 6. The molecule has 24 heavy (non-hydrogen) atoms. The van der Waals surface area contributed by atoms with Gasteiger partial charge in [-0.25, -0.2) is 0 Å². The summed E-state index contributed by atoms with van der Waals surface area (Å²) in [5, 5.41) is 0. The zero-order chi connectivity index (χ0) is 18.2. The van der Waals surface area contributed by atoms with Crippen LogP contribution in [0.5, 0.6) is 0 Å². The van der Waals surface area contributed by atoms with Crippen molar-refractivity contribution in [1.29, 1.82) is 0 Å². The van der Waals surface area contributed by atoms with Crippen LogP contribution in [0.3, 0.4) is 0 Å². The molecule has 0 aliphatic rings. The average molecular weight is 374 g/mol. The minimum atomic E-state index is -4.28. The Kier molecular flexibility index (Phi) is 7.00. The Labute approximate surface area is 138 Å². The number of rotatable bonds is 5. The monoisotopic (exact) mass is 374 g/mol.